The number of aryl methyl sites for hydroxylation is 1. The van der Waals surface area contributed by atoms with Gasteiger partial charge in [-0.2, -0.15) is 0 Å². The van der Waals surface area contributed by atoms with Crippen LogP contribution in [-0.4, -0.2) is 52.1 Å². The molecule has 37 heavy (non-hydrogen) atoms. The topological polar surface area (TPSA) is 135 Å². The minimum atomic E-state index is -0.596. The summed E-state index contributed by atoms with van der Waals surface area (Å²) in [6.45, 7) is 6.66. The normalized spacial score (nSPS) is 12.4. The van der Waals surface area contributed by atoms with Crippen LogP contribution in [-0.2, 0) is 19.1 Å². The van der Waals surface area contributed by atoms with Gasteiger partial charge in [0.15, 0.2) is 0 Å². The molecule has 1 amide bonds. The van der Waals surface area contributed by atoms with Crippen molar-refractivity contribution in [3.8, 4) is 11.3 Å². The van der Waals surface area contributed by atoms with Gasteiger partial charge in [0.2, 0.25) is 5.95 Å². The van der Waals surface area contributed by atoms with Crippen LogP contribution < -0.4 is 10.6 Å². The first-order chi connectivity index (χ1) is 17.7. The summed E-state index contributed by atoms with van der Waals surface area (Å²) in [7, 11) is 0. The molecule has 0 aliphatic heterocycles. The van der Waals surface area contributed by atoms with Gasteiger partial charge in [0.1, 0.15) is 18.9 Å². The van der Waals surface area contributed by atoms with Crippen molar-refractivity contribution >= 4 is 35.4 Å². The van der Waals surface area contributed by atoms with Crippen LogP contribution >= 0.6 is 11.6 Å². The first-order valence-electron chi connectivity index (χ1n) is 11.8. The van der Waals surface area contributed by atoms with Gasteiger partial charge >= 0.3 is 11.9 Å². The Labute approximate surface area is 220 Å². The lowest BCUT2D eigenvalue weighted by atomic mass is 10.1. The van der Waals surface area contributed by atoms with Gasteiger partial charge in [-0.3, -0.25) is 14.4 Å². The summed E-state index contributed by atoms with van der Waals surface area (Å²) in [6.07, 6.45) is 4.07. The maximum Gasteiger partial charge on any atom is 0.302 e. The zero-order valence-corrected chi connectivity index (χ0v) is 21.9. The Morgan fingerprint density at radius 1 is 1.11 bits per heavy atom. The number of carbonyl (C=O) groups is 3. The fourth-order valence-corrected chi connectivity index (χ4v) is 3.71. The second-order valence-electron chi connectivity index (χ2n) is 8.46. The monoisotopic (exact) mass is 527 g/mol. The Hall–Kier alpha value is -3.92. The van der Waals surface area contributed by atoms with Crippen LogP contribution in [0.1, 0.15) is 54.8 Å². The van der Waals surface area contributed by atoms with E-state index < -0.39 is 12.0 Å². The van der Waals surface area contributed by atoms with Gasteiger partial charge in [-0.05, 0) is 42.7 Å². The average Bonchev–Trinajstić information content (AvgIpc) is 3.35. The average molecular weight is 528 g/mol. The molecule has 11 heteroatoms. The zero-order valence-electron chi connectivity index (χ0n) is 21.1. The summed E-state index contributed by atoms with van der Waals surface area (Å²) in [5.74, 6) is -0.810. The molecule has 0 aliphatic rings. The smallest absolute Gasteiger partial charge is 0.302 e. The molecule has 196 valence electrons. The van der Waals surface area contributed by atoms with Crippen LogP contribution in [0, 0.1) is 6.92 Å². The van der Waals surface area contributed by atoms with Gasteiger partial charge in [0, 0.05) is 36.8 Å². The number of nitrogens with zero attached hydrogens (tertiary/aromatic N) is 2. The fourth-order valence-electron chi connectivity index (χ4n) is 3.51. The summed E-state index contributed by atoms with van der Waals surface area (Å²) in [6, 6.07) is 7.93. The molecular weight excluding hydrogens is 498 g/mol. The van der Waals surface area contributed by atoms with Gasteiger partial charge in [-0.25, -0.2) is 9.97 Å². The SMILES string of the molecule is CC[C@H](COC(C)=O)Nc1ncc(C)c(-c2c[nH]c(C(=O)N[C@H](COC(C)=O)c3cccc(Cl)c3)c2)n1. The van der Waals surface area contributed by atoms with Crippen LogP contribution in [0.25, 0.3) is 11.3 Å². The van der Waals surface area contributed by atoms with E-state index in [0.29, 0.717) is 39.9 Å². The van der Waals surface area contributed by atoms with Crippen molar-refractivity contribution < 1.29 is 23.9 Å². The number of amides is 1. The van der Waals surface area contributed by atoms with Crippen LogP contribution in [0.5, 0.6) is 0 Å². The maximum atomic E-state index is 13.1. The van der Waals surface area contributed by atoms with Gasteiger partial charge < -0.3 is 25.1 Å². The van der Waals surface area contributed by atoms with Crippen molar-refractivity contribution in [1.82, 2.24) is 20.3 Å². The lowest BCUT2D eigenvalue weighted by Crippen LogP contribution is -2.32. The quantitative estimate of drug-likeness (QED) is 0.315. The zero-order chi connectivity index (χ0) is 26.9. The van der Waals surface area contributed by atoms with E-state index in [9.17, 15) is 14.4 Å². The number of H-pyrrole nitrogens is 1. The molecule has 3 aromatic rings. The molecule has 2 aromatic heterocycles. The molecular formula is C26H30ClN5O5. The first kappa shape index (κ1) is 27.7. The third kappa shape index (κ3) is 8.04. The van der Waals surface area contributed by atoms with E-state index in [2.05, 4.69) is 25.6 Å². The summed E-state index contributed by atoms with van der Waals surface area (Å²) in [5.41, 5.74) is 3.16. The van der Waals surface area contributed by atoms with Crippen LogP contribution in [0.2, 0.25) is 5.02 Å². The number of aromatic nitrogens is 3. The summed E-state index contributed by atoms with van der Waals surface area (Å²) in [5, 5.41) is 6.57. The van der Waals surface area contributed by atoms with Crippen LogP contribution in [0.15, 0.2) is 42.7 Å². The summed E-state index contributed by atoms with van der Waals surface area (Å²) >= 11 is 6.11. The van der Waals surface area contributed by atoms with Crippen molar-refractivity contribution in [2.24, 2.45) is 0 Å². The molecule has 0 fully saturated rings. The van der Waals surface area contributed by atoms with E-state index in [1.165, 1.54) is 13.8 Å². The first-order valence-corrected chi connectivity index (χ1v) is 12.2. The lowest BCUT2D eigenvalue weighted by molar-refractivity contribution is -0.142. The maximum absolute atomic E-state index is 13.1. The number of benzene rings is 1. The molecule has 10 nitrogen and oxygen atoms in total. The van der Waals surface area contributed by atoms with Crippen molar-refractivity contribution in [2.75, 3.05) is 18.5 Å². The summed E-state index contributed by atoms with van der Waals surface area (Å²) < 4.78 is 10.2. The Kier molecular flexibility index (Phi) is 9.62. The molecule has 3 rings (SSSR count). The standard InChI is InChI=1S/C26H30ClN5O5/c1-5-21(13-36-16(3)33)30-26-29-11-15(2)24(32-26)19-10-22(28-12-19)25(35)31-23(14-37-17(4)34)18-7-6-8-20(27)9-18/h6-12,21,23,28H,5,13-14H2,1-4H3,(H,31,35)(H,29,30,32)/t21-,23-/m1/s1. The highest BCUT2D eigenvalue weighted by atomic mass is 35.5. The molecule has 0 radical (unpaired) electrons. The number of anilines is 1. The number of hydrogen-bond donors (Lipinski definition) is 3. The predicted molar refractivity (Wildman–Crippen MR) is 139 cm³/mol. The Balaban J connectivity index is 1.77. The van der Waals surface area contributed by atoms with Gasteiger partial charge in [0.25, 0.3) is 5.91 Å². The fraction of sp³-hybridized carbons (Fsp3) is 0.346. The number of aromatic amines is 1. The van der Waals surface area contributed by atoms with Crippen LogP contribution in [0.3, 0.4) is 0 Å². The van der Waals surface area contributed by atoms with E-state index in [4.69, 9.17) is 21.1 Å². The summed E-state index contributed by atoms with van der Waals surface area (Å²) in [4.78, 5) is 47.5. The van der Waals surface area contributed by atoms with Crippen molar-refractivity contribution in [2.45, 2.75) is 46.2 Å². The molecule has 0 spiro atoms. The van der Waals surface area contributed by atoms with Crippen molar-refractivity contribution in [3.05, 3.63) is 64.6 Å². The number of hydrogen-bond acceptors (Lipinski definition) is 8. The molecule has 1 aromatic carbocycles. The van der Waals surface area contributed by atoms with Crippen molar-refractivity contribution in [3.63, 3.8) is 0 Å². The number of rotatable bonds is 11. The van der Waals surface area contributed by atoms with E-state index in [1.807, 2.05) is 13.8 Å². The molecule has 0 saturated carbocycles. The molecule has 0 aliphatic carbocycles. The van der Waals surface area contributed by atoms with Gasteiger partial charge in [-0.1, -0.05) is 30.7 Å². The third-order valence-electron chi connectivity index (χ3n) is 5.50. The Morgan fingerprint density at radius 2 is 1.84 bits per heavy atom. The number of esters is 2. The third-order valence-corrected chi connectivity index (χ3v) is 5.73. The molecule has 2 atom stereocenters. The second-order valence-corrected chi connectivity index (χ2v) is 8.90. The second kappa shape index (κ2) is 12.9. The van der Waals surface area contributed by atoms with Crippen molar-refractivity contribution in [1.29, 1.82) is 0 Å². The minimum absolute atomic E-state index is 0.0407. The van der Waals surface area contributed by atoms with Gasteiger partial charge in [0.05, 0.1) is 17.8 Å². The minimum Gasteiger partial charge on any atom is -0.464 e. The Bertz CT molecular complexity index is 1260. The predicted octanol–water partition coefficient (Wildman–Crippen LogP) is 4.22. The highest BCUT2D eigenvalue weighted by Crippen LogP contribution is 2.24. The van der Waals surface area contributed by atoms with Crippen LogP contribution in [0.4, 0.5) is 5.95 Å². The molecule has 0 bridgehead atoms. The molecule has 2 heterocycles. The molecule has 0 unspecified atom stereocenters. The van der Waals surface area contributed by atoms with E-state index in [1.54, 1.807) is 42.7 Å². The highest BCUT2D eigenvalue weighted by molar-refractivity contribution is 6.30. The number of carbonyl (C=O) groups excluding carboxylic acids is 3. The van der Waals surface area contributed by atoms with E-state index in [0.717, 1.165) is 5.56 Å². The lowest BCUT2D eigenvalue weighted by Gasteiger charge is -2.19. The highest BCUT2D eigenvalue weighted by Gasteiger charge is 2.20. The largest absolute Gasteiger partial charge is 0.464 e. The number of nitrogens with one attached hydrogen (secondary N) is 3. The molecule has 3 N–H and O–H groups in total. The van der Waals surface area contributed by atoms with E-state index >= 15 is 0 Å². The molecule has 0 saturated heterocycles. The number of ether oxygens (including phenoxy) is 2. The number of halogens is 1. The van der Waals surface area contributed by atoms with E-state index in [-0.39, 0.29) is 31.1 Å². The Morgan fingerprint density at radius 3 is 2.51 bits per heavy atom. The van der Waals surface area contributed by atoms with Gasteiger partial charge in [-0.15, -0.1) is 0 Å².